The SMILES string of the molecule is CCOc1cccc(-c2ccc3c(c2)CCCC3O)c1. The van der Waals surface area contributed by atoms with E-state index in [4.69, 9.17) is 4.74 Å². The van der Waals surface area contributed by atoms with Crippen molar-refractivity contribution in [2.45, 2.75) is 32.3 Å². The van der Waals surface area contributed by atoms with Crippen molar-refractivity contribution in [2.24, 2.45) is 0 Å². The van der Waals surface area contributed by atoms with E-state index in [1.165, 1.54) is 16.7 Å². The van der Waals surface area contributed by atoms with Crippen molar-refractivity contribution in [1.82, 2.24) is 0 Å². The second-order valence-electron chi connectivity index (χ2n) is 5.28. The Morgan fingerprint density at radius 2 is 2.00 bits per heavy atom. The van der Waals surface area contributed by atoms with Gasteiger partial charge in [-0.1, -0.05) is 30.3 Å². The van der Waals surface area contributed by atoms with Crippen molar-refractivity contribution in [2.75, 3.05) is 6.61 Å². The van der Waals surface area contributed by atoms with Crippen molar-refractivity contribution >= 4 is 0 Å². The van der Waals surface area contributed by atoms with Gasteiger partial charge in [0.2, 0.25) is 0 Å². The van der Waals surface area contributed by atoms with Crippen molar-refractivity contribution in [1.29, 1.82) is 0 Å². The monoisotopic (exact) mass is 268 g/mol. The lowest BCUT2D eigenvalue weighted by molar-refractivity contribution is 0.156. The molecule has 1 N–H and O–H groups in total. The molecule has 2 nitrogen and oxygen atoms in total. The van der Waals surface area contributed by atoms with E-state index in [1.54, 1.807) is 0 Å². The van der Waals surface area contributed by atoms with Gasteiger partial charge in [-0.3, -0.25) is 0 Å². The minimum atomic E-state index is -0.289. The molecule has 0 radical (unpaired) electrons. The number of aliphatic hydroxyl groups excluding tert-OH is 1. The van der Waals surface area contributed by atoms with Gasteiger partial charge in [-0.05, 0) is 60.6 Å². The van der Waals surface area contributed by atoms with Gasteiger partial charge in [0.25, 0.3) is 0 Å². The molecule has 0 saturated heterocycles. The lowest BCUT2D eigenvalue weighted by Gasteiger charge is -2.22. The number of aliphatic hydroxyl groups is 1. The predicted molar refractivity (Wildman–Crippen MR) is 80.9 cm³/mol. The van der Waals surface area contributed by atoms with Gasteiger partial charge in [0.15, 0.2) is 0 Å². The molecule has 2 heteroatoms. The third-order valence-corrected chi connectivity index (χ3v) is 3.90. The van der Waals surface area contributed by atoms with E-state index in [0.717, 1.165) is 30.6 Å². The highest BCUT2D eigenvalue weighted by Gasteiger charge is 2.18. The average molecular weight is 268 g/mol. The van der Waals surface area contributed by atoms with Crippen LogP contribution in [0.5, 0.6) is 5.75 Å². The summed E-state index contributed by atoms with van der Waals surface area (Å²) in [6, 6.07) is 14.6. The van der Waals surface area contributed by atoms with Crippen molar-refractivity contribution in [3.63, 3.8) is 0 Å². The number of hydrogen-bond acceptors (Lipinski definition) is 2. The highest BCUT2D eigenvalue weighted by Crippen LogP contribution is 2.33. The van der Waals surface area contributed by atoms with Crippen LogP contribution in [-0.2, 0) is 6.42 Å². The van der Waals surface area contributed by atoms with Crippen LogP contribution < -0.4 is 4.74 Å². The Morgan fingerprint density at radius 1 is 1.15 bits per heavy atom. The fraction of sp³-hybridized carbons (Fsp3) is 0.333. The first-order chi connectivity index (χ1) is 9.78. The van der Waals surface area contributed by atoms with Gasteiger partial charge in [-0.15, -0.1) is 0 Å². The maximum absolute atomic E-state index is 10.0. The minimum absolute atomic E-state index is 0.289. The first kappa shape index (κ1) is 13.2. The number of hydrogen-bond donors (Lipinski definition) is 1. The molecule has 1 unspecified atom stereocenters. The molecule has 1 aliphatic carbocycles. The Hall–Kier alpha value is -1.80. The number of benzene rings is 2. The summed E-state index contributed by atoms with van der Waals surface area (Å²) in [5.74, 6) is 0.905. The minimum Gasteiger partial charge on any atom is -0.494 e. The standard InChI is InChI=1S/C18H20O2/c1-2-20-16-7-3-5-13(12-16)14-9-10-17-15(11-14)6-4-8-18(17)19/h3,5,7,9-12,18-19H,2,4,6,8H2,1H3. The quantitative estimate of drug-likeness (QED) is 0.907. The summed E-state index contributed by atoms with van der Waals surface area (Å²) in [6.45, 7) is 2.67. The van der Waals surface area contributed by atoms with Gasteiger partial charge in [-0.2, -0.15) is 0 Å². The van der Waals surface area contributed by atoms with Gasteiger partial charge < -0.3 is 9.84 Å². The summed E-state index contributed by atoms with van der Waals surface area (Å²) in [4.78, 5) is 0. The Morgan fingerprint density at radius 3 is 2.85 bits per heavy atom. The molecular formula is C18H20O2. The third-order valence-electron chi connectivity index (χ3n) is 3.90. The Kier molecular flexibility index (Phi) is 3.75. The van der Waals surface area contributed by atoms with E-state index in [0.29, 0.717) is 6.61 Å². The molecule has 3 rings (SSSR count). The molecule has 20 heavy (non-hydrogen) atoms. The fourth-order valence-electron chi connectivity index (χ4n) is 2.90. The van der Waals surface area contributed by atoms with Crippen LogP contribution in [0, 0.1) is 0 Å². The number of aryl methyl sites for hydroxylation is 1. The smallest absolute Gasteiger partial charge is 0.119 e. The zero-order valence-electron chi connectivity index (χ0n) is 11.8. The van der Waals surface area contributed by atoms with Crippen LogP contribution in [0.3, 0.4) is 0 Å². The van der Waals surface area contributed by atoms with Crippen LogP contribution in [0.15, 0.2) is 42.5 Å². The zero-order valence-corrected chi connectivity index (χ0v) is 11.8. The highest BCUT2D eigenvalue weighted by atomic mass is 16.5. The summed E-state index contributed by atoms with van der Waals surface area (Å²) in [7, 11) is 0. The van der Waals surface area contributed by atoms with Crippen LogP contribution in [0.1, 0.15) is 37.0 Å². The molecular weight excluding hydrogens is 248 g/mol. The molecule has 0 aliphatic heterocycles. The zero-order chi connectivity index (χ0) is 13.9. The summed E-state index contributed by atoms with van der Waals surface area (Å²) in [5, 5.41) is 10.0. The van der Waals surface area contributed by atoms with Gasteiger partial charge in [0.1, 0.15) is 5.75 Å². The fourth-order valence-corrected chi connectivity index (χ4v) is 2.90. The first-order valence-electron chi connectivity index (χ1n) is 7.32. The lowest BCUT2D eigenvalue weighted by Crippen LogP contribution is -2.08. The number of ether oxygens (including phenoxy) is 1. The molecule has 0 bridgehead atoms. The Bertz CT molecular complexity index is 604. The molecule has 2 aromatic carbocycles. The molecule has 1 atom stereocenters. The van der Waals surface area contributed by atoms with E-state index >= 15 is 0 Å². The van der Waals surface area contributed by atoms with E-state index in [2.05, 4.69) is 30.3 Å². The van der Waals surface area contributed by atoms with Crippen LogP contribution >= 0.6 is 0 Å². The Labute approximate surface area is 120 Å². The molecule has 2 aromatic rings. The predicted octanol–water partition coefficient (Wildman–Crippen LogP) is 4.12. The summed E-state index contributed by atoms with van der Waals surface area (Å²) in [5.41, 5.74) is 4.74. The van der Waals surface area contributed by atoms with Gasteiger partial charge in [0.05, 0.1) is 12.7 Å². The number of rotatable bonds is 3. The molecule has 0 saturated carbocycles. The molecule has 0 spiro atoms. The lowest BCUT2D eigenvalue weighted by atomic mass is 9.87. The maximum atomic E-state index is 10.0. The van der Waals surface area contributed by atoms with E-state index in [-0.39, 0.29) is 6.10 Å². The van der Waals surface area contributed by atoms with Gasteiger partial charge >= 0.3 is 0 Å². The topological polar surface area (TPSA) is 29.5 Å². The summed E-state index contributed by atoms with van der Waals surface area (Å²) in [6.07, 6.45) is 2.72. The van der Waals surface area contributed by atoms with Crippen LogP contribution in [-0.4, -0.2) is 11.7 Å². The van der Waals surface area contributed by atoms with Crippen LogP contribution in [0.25, 0.3) is 11.1 Å². The third kappa shape index (κ3) is 2.56. The number of fused-ring (bicyclic) bond motifs is 1. The second kappa shape index (κ2) is 5.68. The van der Waals surface area contributed by atoms with Crippen LogP contribution in [0.4, 0.5) is 0 Å². The Balaban J connectivity index is 1.96. The van der Waals surface area contributed by atoms with Crippen molar-refractivity contribution in [3.05, 3.63) is 53.6 Å². The normalized spacial score (nSPS) is 17.6. The molecule has 0 heterocycles. The molecule has 1 aliphatic rings. The molecule has 0 aromatic heterocycles. The highest BCUT2D eigenvalue weighted by molar-refractivity contribution is 5.66. The van der Waals surface area contributed by atoms with Gasteiger partial charge in [0, 0.05) is 0 Å². The van der Waals surface area contributed by atoms with Crippen molar-refractivity contribution < 1.29 is 9.84 Å². The van der Waals surface area contributed by atoms with Crippen LogP contribution in [0.2, 0.25) is 0 Å². The van der Waals surface area contributed by atoms with E-state index in [1.807, 2.05) is 19.1 Å². The van der Waals surface area contributed by atoms with Crippen molar-refractivity contribution in [3.8, 4) is 16.9 Å². The van der Waals surface area contributed by atoms with Gasteiger partial charge in [-0.25, -0.2) is 0 Å². The second-order valence-corrected chi connectivity index (χ2v) is 5.28. The molecule has 0 amide bonds. The largest absolute Gasteiger partial charge is 0.494 e. The molecule has 0 fully saturated rings. The van der Waals surface area contributed by atoms with E-state index < -0.39 is 0 Å². The van der Waals surface area contributed by atoms with E-state index in [9.17, 15) is 5.11 Å². The molecule has 104 valence electrons. The summed E-state index contributed by atoms with van der Waals surface area (Å²) < 4.78 is 5.56. The first-order valence-corrected chi connectivity index (χ1v) is 7.32. The average Bonchev–Trinajstić information content (AvgIpc) is 2.48. The maximum Gasteiger partial charge on any atom is 0.119 e. The summed E-state index contributed by atoms with van der Waals surface area (Å²) >= 11 is 0.